The second-order valence-electron chi connectivity index (χ2n) is 6.99. The van der Waals surface area contributed by atoms with Crippen molar-refractivity contribution in [1.82, 2.24) is 0 Å². The lowest BCUT2D eigenvalue weighted by molar-refractivity contribution is -0.139. The van der Waals surface area contributed by atoms with Gasteiger partial charge in [0.25, 0.3) is 0 Å². The fraction of sp³-hybridized carbons (Fsp3) is 0.500. The molecule has 1 aromatic rings. The summed E-state index contributed by atoms with van der Waals surface area (Å²) < 4.78 is 14.7. The highest BCUT2D eigenvalue weighted by Gasteiger charge is 2.42. The van der Waals surface area contributed by atoms with E-state index in [9.17, 15) is 23.9 Å². The summed E-state index contributed by atoms with van der Waals surface area (Å²) in [6, 6.07) is 3.05. The predicted molar refractivity (Wildman–Crippen MR) is 88.7 cm³/mol. The summed E-state index contributed by atoms with van der Waals surface area (Å²) in [5.74, 6) is -3.21. The minimum atomic E-state index is -1.17. The fourth-order valence-corrected chi connectivity index (χ4v) is 3.71. The molecule has 0 bridgehead atoms. The van der Waals surface area contributed by atoms with Gasteiger partial charge in [-0.05, 0) is 25.0 Å². The van der Waals surface area contributed by atoms with Crippen molar-refractivity contribution in [2.24, 2.45) is 5.92 Å². The van der Waals surface area contributed by atoms with Crippen molar-refractivity contribution in [3.63, 3.8) is 0 Å². The van der Waals surface area contributed by atoms with E-state index in [4.69, 9.17) is 0 Å². The van der Waals surface area contributed by atoms with Crippen molar-refractivity contribution in [2.75, 3.05) is 29.4 Å². The highest BCUT2D eigenvalue weighted by molar-refractivity contribution is 6.13. The molecule has 4 rings (SSSR count). The molecule has 132 valence electrons. The average molecular weight is 346 g/mol. The lowest BCUT2D eigenvalue weighted by atomic mass is 9.90. The molecule has 1 aliphatic carbocycles. The number of benzene rings is 1. The molecule has 2 aliphatic heterocycles. The third-order valence-electron chi connectivity index (χ3n) is 5.28. The molecule has 0 radical (unpaired) electrons. The standard InChI is InChI=1S/C18H19FN2O4/c19-14-7-12-15(8-16(14)20-5-3-11(22)4-6-20)21(10-1-2-10)9-13(17(12)23)18(24)25/h7-8,10,13H,1-6,9H2,(H,24,25). The summed E-state index contributed by atoms with van der Waals surface area (Å²) in [5.41, 5.74) is 1.16. The molecule has 2 fully saturated rings. The number of carboxylic acids is 1. The summed E-state index contributed by atoms with van der Waals surface area (Å²) in [7, 11) is 0. The molecule has 3 aliphatic rings. The smallest absolute Gasteiger partial charge is 0.316 e. The van der Waals surface area contributed by atoms with Crippen LogP contribution in [0, 0.1) is 11.7 Å². The van der Waals surface area contributed by atoms with Gasteiger partial charge in [0.05, 0.1) is 11.4 Å². The zero-order chi connectivity index (χ0) is 17.7. The number of halogens is 1. The van der Waals surface area contributed by atoms with E-state index in [2.05, 4.69) is 0 Å². The molecule has 1 aromatic carbocycles. The Hall–Kier alpha value is -2.44. The van der Waals surface area contributed by atoms with Gasteiger partial charge >= 0.3 is 5.97 Å². The Kier molecular flexibility index (Phi) is 3.74. The van der Waals surface area contributed by atoms with E-state index in [1.165, 1.54) is 6.07 Å². The molecule has 2 heterocycles. The van der Waals surface area contributed by atoms with Crippen LogP contribution in [-0.4, -0.2) is 48.3 Å². The van der Waals surface area contributed by atoms with Gasteiger partial charge in [-0.25, -0.2) is 4.39 Å². The summed E-state index contributed by atoms with van der Waals surface area (Å²) >= 11 is 0. The van der Waals surface area contributed by atoms with Gasteiger partial charge in [-0.3, -0.25) is 14.4 Å². The van der Waals surface area contributed by atoms with Crippen LogP contribution in [0.4, 0.5) is 15.8 Å². The number of carbonyl (C=O) groups is 3. The number of fused-ring (bicyclic) bond motifs is 1. The Morgan fingerprint density at radius 3 is 2.40 bits per heavy atom. The van der Waals surface area contributed by atoms with Crippen molar-refractivity contribution in [1.29, 1.82) is 0 Å². The van der Waals surface area contributed by atoms with Gasteiger partial charge in [0, 0.05) is 44.1 Å². The Morgan fingerprint density at radius 2 is 1.80 bits per heavy atom. The molecule has 1 N–H and O–H groups in total. The lowest BCUT2D eigenvalue weighted by Crippen LogP contribution is -2.44. The quantitative estimate of drug-likeness (QED) is 0.842. The van der Waals surface area contributed by atoms with Crippen molar-refractivity contribution in [3.05, 3.63) is 23.5 Å². The van der Waals surface area contributed by atoms with E-state index >= 15 is 0 Å². The number of piperidine rings is 1. The summed E-state index contributed by atoms with van der Waals surface area (Å²) in [4.78, 5) is 39.1. The van der Waals surface area contributed by atoms with Gasteiger partial charge in [0.1, 0.15) is 17.5 Å². The largest absolute Gasteiger partial charge is 0.481 e. The number of rotatable bonds is 3. The Morgan fingerprint density at radius 1 is 1.12 bits per heavy atom. The maximum absolute atomic E-state index is 14.7. The monoisotopic (exact) mass is 346 g/mol. The van der Waals surface area contributed by atoms with Crippen molar-refractivity contribution < 1.29 is 23.9 Å². The predicted octanol–water partition coefficient (Wildman–Crippen LogP) is 1.86. The van der Waals surface area contributed by atoms with E-state index in [1.807, 2.05) is 9.80 Å². The van der Waals surface area contributed by atoms with Crippen LogP contribution in [0.5, 0.6) is 0 Å². The molecule has 1 saturated carbocycles. The number of ketones is 2. The number of hydrogen-bond donors (Lipinski definition) is 1. The van der Waals surface area contributed by atoms with E-state index in [-0.39, 0.29) is 23.9 Å². The van der Waals surface area contributed by atoms with Crippen LogP contribution >= 0.6 is 0 Å². The van der Waals surface area contributed by atoms with E-state index < -0.39 is 23.5 Å². The number of carboxylic acid groups (broad SMARTS) is 1. The molecule has 25 heavy (non-hydrogen) atoms. The first-order valence-electron chi connectivity index (χ1n) is 8.59. The highest BCUT2D eigenvalue weighted by atomic mass is 19.1. The second kappa shape index (κ2) is 5.82. The van der Waals surface area contributed by atoms with E-state index in [1.54, 1.807) is 6.07 Å². The van der Waals surface area contributed by atoms with Gasteiger partial charge in [-0.2, -0.15) is 0 Å². The molecule has 1 atom stereocenters. The first-order valence-corrected chi connectivity index (χ1v) is 8.59. The lowest BCUT2D eigenvalue weighted by Gasteiger charge is -2.36. The van der Waals surface area contributed by atoms with Crippen LogP contribution in [0.2, 0.25) is 0 Å². The number of Topliss-reactive ketones (excluding diaryl/α,β-unsaturated/α-hetero) is 2. The molecular weight excluding hydrogens is 327 g/mol. The minimum Gasteiger partial charge on any atom is -0.481 e. The number of aliphatic carboxylic acids is 1. The third kappa shape index (κ3) is 2.77. The van der Waals surface area contributed by atoms with Crippen molar-refractivity contribution >= 4 is 28.9 Å². The maximum Gasteiger partial charge on any atom is 0.316 e. The van der Waals surface area contributed by atoms with Crippen LogP contribution in [-0.2, 0) is 9.59 Å². The number of carbonyl (C=O) groups excluding carboxylic acids is 2. The van der Waals surface area contributed by atoms with Crippen molar-refractivity contribution in [3.8, 4) is 0 Å². The molecular formula is C18H19FN2O4. The van der Waals surface area contributed by atoms with Gasteiger partial charge in [-0.1, -0.05) is 0 Å². The highest BCUT2D eigenvalue weighted by Crippen LogP contribution is 2.41. The summed E-state index contributed by atoms with van der Waals surface area (Å²) in [5, 5.41) is 9.33. The van der Waals surface area contributed by atoms with Gasteiger partial charge in [0.15, 0.2) is 5.78 Å². The normalized spacial score (nSPS) is 23.6. The minimum absolute atomic E-state index is 0.134. The first kappa shape index (κ1) is 16.1. The van der Waals surface area contributed by atoms with E-state index in [0.29, 0.717) is 37.3 Å². The van der Waals surface area contributed by atoms with Gasteiger partial charge in [-0.15, -0.1) is 0 Å². The van der Waals surface area contributed by atoms with E-state index in [0.717, 1.165) is 12.8 Å². The van der Waals surface area contributed by atoms with Gasteiger partial charge < -0.3 is 14.9 Å². The Bertz CT molecular complexity index is 765. The van der Waals surface area contributed by atoms with Gasteiger partial charge in [0.2, 0.25) is 0 Å². The molecule has 1 saturated heterocycles. The van der Waals surface area contributed by atoms with Crippen LogP contribution in [0.15, 0.2) is 12.1 Å². The Labute approximate surface area is 144 Å². The average Bonchev–Trinajstić information content (AvgIpc) is 3.41. The number of anilines is 2. The van der Waals surface area contributed by atoms with Crippen LogP contribution in [0.25, 0.3) is 0 Å². The third-order valence-corrected chi connectivity index (χ3v) is 5.28. The topological polar surface area (TPSA) is 77.9 Å². The zero-order valence-electron chi connectivity index (χ0n) is 13.7. The van der Waals surface area contributed by atoms with Crippen LogP contribution < -0.4 is 9.80 Å². The first-order chi connectivity index (χ1) is 12.0. The molecule has 0 amide bonds. The van der Waals surface area contributed by atoms with Crippen molar-refractivity contribution in [2.45, 2.75) is 31.7 Å². The molecule has 7 heteroatoms. The molecule has 0 spiro atoms. The summed E-state index contributed by atoms with van der Waals surface area (Å²) in [6.45, 7) is 1.06. The van der Waals surface area contributed by atoms with Crippen LogP contribution in [0.3, 0.4) is 0 Å². The Balaban J connectivity index is 1.75. The molecule has 0 aromatic heterocycles. The SMILES string of the molecule is O=C1CCN(c2cc3c(cc2F)C(=O)C(C(=O)O)CN3C2CC2)CC1. The fourth-order valence-electron chi connectivity index (χ4n) is 3.71. The second-order valence-corrected chi connectivity index (χ2v) is 6.99. The number of nitrogens with zero attached hydrogens (tertiary/aromatic N) is 2. The maximum atomic E-state index is 14.7. The molecule has 6 nitrogen and oxygen atoms in total. The zero-order valence-corrected chi connectivity index (χ0v) is 13.7. The number of hydrogen-bond acceptors (Lipinski definition) is 5. The summed E-state index contributed by atoms with van der Waals surface area (Å²) in [6.07, 6.45) is 2.68. The van der Waals surface area contributed by atoms with Crippen LogP contribution in [0.1, 0.15) is 36.0 Å². The molecule has 1 unspecified atom stereocenters.